The van der Waals surface area contributed by atoms with Crippen LogP contribution in [0.1, 0.15) is 17.2 Å². The molecule has 0 unspecified atom stereocenters. The first-order chi connectivity index (χ1) is 7.88. The van der Waals surface area contributed by atoms with Crippen molar-refractivity contribution in [2.24, 2.45) is 0 Å². The maximum Gasteiger partial charge on any atom is 0.231 e. The van der Waals surface area contributed by atoms with Crippen LogP contribution < -0.4 is 14.8 Å². The summed E-state index contributed by atoms with van der Waals surface area (Å²) in [5, 5.41) is 3.15. The molecule has 0 fully saturated rings. The maximum absolute atomic E-state index is 5.75. The fourth-order valence-electron chi connectivity index (χ4n) is 2.27. The van der Waals surface area contributed by atoms with Crippen LogP contribution in [0.15, 0.2) is 12.1 Å². The highest BCUT2D eigenvalue weighted by atomic mass is 16.7. The van der Waals surface area contributed by atoms with E-state index in [1.807, 2.05) is 7.05 Å². The summed E-state index contributed by atoms with van der Waals surface area (Å²) in [5.74, 6) is 1.70. The van der Waals surface area contributed by atoms with Crippen molar-refractivity contribution in [3.8, 4) is 11.5 Å². The predicted octanol–water partition coefficient (Wildman–Crippen LogP) is 1.25. The highest BCUT2D eigenvalue weighted by molar-refractivity contribution is 5.50. The maximum atomic E-state index is 5.75. The number of ether oxygens (including phenoxy) is 3. The molecular weight excluding hydrogens is 206 g/mol. The Labute approximate surface area is 94.5 Å². The van der Waals surface area contributed by atoms with Gasteiger partial charge in [-0.25, -0.2) is 0 Å². The molecule has 0 amide bonds. The second-order valence-electron chi connectivity index (χ2n) is 4.07. The predicted molar refractivity (Wildman–Crippen MR) is 58.9 cm³/mol. The van der Waals surface area contributed by atoms with Crippen molar-refractivity contribution >= 4 is 0 Å². The number of hydrogen-bond acceptors (Lipinski definition) is 4. The van der Waals surface area contributed by atoms with Gasteiger partial charge >= 0.3 is 0 Å². The fourth-order valence-corrected chi connectivity index (χ4v) is 2.27. The molecule has 0 saturated carbocycles. The van der Waals surface area contributed by atoms with E-state index in [2.05, 4.69) is 17.4 Å². The SMILES string of the molecule is CNC[C@@H]1OCCc2cc3c(cc21)OCO3. The molecule has 16 heavy (non-hydrogen) atoms. The van der Waals surface area contributed by atoms with Crippen LogP contribution in [0.3, 0.4) is 0 Å². The fraction of sp³-hybridized carbons (Fsp3) is 0.500. The van der Waals surface area contributed by atoms with Crippen LogP contribution >= 0.6 is 0 Å². The Kier molecular flexibility index (Phi) is 2.46. The highest BCUT2D eigenvalue weighted by Gasteiger charge is 2.25. The summed E-state index contributed by atoms with van der Waals surface area (Å²) < 4.78 is 16.5. The molecular formula is C12H15NO3. The van der Waals surface area contributed by atoms with Crippen molar-refractivity contribution in [2.75, 3.05) is 27.0 Å². The van der Waals surface area contributed by atoms with E-state index in [9.17, 15) is 0 Å². The van der Waals surface area contributed by atoms with E-state index in [1.165, 1.54) is 11.1 Å². The zero-order valence-corrected chi connectivity index (χ0v) is 9.29. The van der Waals surface area contributed by atoms with Crippen LogP contribution in [0.25, 0.3) is 0 Å². The van der Waals surface area contributed by atoms with Crippen LogP contribution in [0, 0.1) is 0 Å². The monoisotopic (exact) mass is 221 g/mol. The lowest BCUT2D eigenvalue weighted by atomic mass is 9.96. The summed E-state index contributed by atoms with van der Waals surface area (Å²) in [4.78, 5) is 0. The van der Waals surface area contributed by atoms with Crippen LogP contribution in [0.5, 0.6) is 11.5 Å². The molecule has 4 nitrogen and oxygen atoms in total. The Morgan fingerprint density at radius 2 is 2.12 bits per heavy atom. The summed E-state index contributed by atoms with van der Waals surface area (Å²) in [6, 6.07) is 4.14. The molecule has 1 atom stereocenters. The topological polar surface area (TPSA) is 39.7 Å². The number of fused-ring (bicyclic) bond motifs is 2. The van der Waals surface area contributed by atoms with Gasteiger partial charge in [-0.15, -0.1) is 0 Å². The molecule has 4 heteroatoms. The first-order valence-electron chi connectivity index (χ1n) is 5.57. The standard InChI is InChI=1S/C12H15NO3/c1-13-6-12-9-5-11-10(15-7-16-11)4-8(9)2-3-14-12/h4-5,12-13H,2-3,6-7H2,1H3/t12-/m0/s1. The van der Waals surface area contributed by atoms with Crippen LogP contribution in [-0.2, 0) is 11.2 Å². The van der Waals surface area contributed by atoms with Gasteiger partial charge in [0.1, 0.15) is 0 Å². The molecule has 0 bridgehead atoms. The van der Waals surface area contributed by atoms with E-state index >= 15 is 0 Å². The second kappa shape index (κ2) is 3.96. The highest BCUT2D eigenvalue weighted by Crippen LogP contribution is 2.39. The summed E-state index contributed by atoms with van der Waals surface area (Å²) in [6.45, 7) is 1.93. The smallest absolute Gasteiger partial charge is 0.231 e. The van der Waals surface area contributed by atoms with Gasteiger partial charge in [0.25, 0.3) is 0 Å². The number of nitrogens with one attached hydrogen (secondary N) is 1. The lowest BCUT2D eigenvalue weighted by Gasteiger charge is -2.26. The van der Waals surface area contributed by atoms with Gasteiger partial charge in [0.15, 0.2) is 11.5 Å². The zero-order valence-electron chi connectivity index (χ0n) is 9.29. The van der Waals surface area contributed by atoms with Gasteiger partial charge in [0, 0.05) is 6.54 Å². The van der Waals surface area contributed by atoms with Gasteiger partial charge in [-0.2, -0.15) is 0 Å². The van der Waals surface area contributed by atoms with Crippen molar-refractivity contribution in [3.05, 3.63) is 23.3 Å². The van der Waals surface area contributed by atoms with Crippen LogP contribution in [0.2, 0.25) is 0 Å². The third-order valence-electron chi connectivity index (χ3n) is 3.06. The molecule has 1 aromatic carbocycles. The largest absolute Gasteiger partial charge is 0.454 e. The van der Waals surface area contributed by atoms with E-state index in [-0.39, 0.29) is 6.10 Å². The average Bonchev–Trinajstić information content (AvgIpc) is 2.74. The summed E-state index contributed by atoms with van der Waals surface area (Å²) in [6.07, 6.45) is 1.08. The lowest BCUT2D eigenvalue weighted by Crippen LogP contribution is -2.25. The molecule has 1 aromatic rings. The number of rotatable bonds is 2. The summed E-state index contributed by atoms with van der Waals surface area (Å²) >= 11 is 0. The van der Waals surface area contributed by atoms with E-state index in [0.717, 1.165) is 31.1 Å². The molecule has 0 aromatic heterocycles. The second-order valence-corrected chi connectivity index (χ2v) is 4.07. The molecule has 86 valence electrons. The molecule has 2 heterocycles. The van der Waals surface area contributed by atoms with E-state index < -0.39 is 0 Å². The zero-order chi connectivity index (χ0) is 11.0. The van der Waals surface area contributed by atoms with Crippen molar-refractivity contribution in [1.29, 1.82) is 0 Å². The molecule has 0 radical (unpaired) electrons. The van der Waals surface area contributed by atoms with Gasteiger partial charge < -0.3 is 19.5 Å². The van der Waals surface area contributed by atoms with E-state index in [1.54, 1.807) is 0 Å². The molecule has 0 saturated heterocycles. The summed E-state index contributed by atoms with van der Waals surface area (Å²) in [7, 11) is 1.94. The lowest BCUT2D eigenvalue weighted by molar-refractivity contribution is 0.0437. The molecule has 2 aliphatic rings. The van der Waals surface area contributed by atoms with Crippen molar-refractivity contribution < 1.29 is 14.2 Å². The third-order valence-corrected chi connectivity index (χ3v) is 3.06. The molecule has 2 aliphatic heterocycles. The van der Waals surface area contributed by atoms with Crippen LogP contribution in [0.4, 0.5) is 0 Å². The van der Waals surface area contributed by atoms with Gasteiger partial charge in [-0.1, -0.05) is 0 Å². The quantitative estimate of drug-likeness (QED) is 0.816. The first-order valence-corrected chi connectivity index (χ1v) is 5.57. The minimum Gasteiger partial charge on any atom is -0.454 e. The molecule has 0 aliphatic carbocycles. The Hall–Kier alpha value is -1.26. The Balaban J connectivity index is 2.00. The molecule has 0 spiro atoms. The number of likely N-dealkylation sites (N-methyl/N-ethyl adjacent to an activating group) is 1. The third kappa shape index (κ3) is 1.54. The van der Waals surface area contributed by atoms with E-state index in [0.29, 0.717) is 6.79 Å². The minimum absolute atomic E-state index is 0.128. The van der Waals surface area contributed by atoms with Gasteiger partial charge in [0.2, 0.25) is 6.79 Å². The molecule has 3 rings (SSSR count). The van der Waals surface area contributed by atoms with Crippen molar-refractivity contribution in [1.82, 2.24) is 5.32 Å². The van der Waals surface area contributed by atoms with Gasteiger partial charge in [-0.3, -0.25) is 0 Å². The van der Waals surface area contributed by atoms with E-state index in [4.69, 9.17) is 14.2 Å². The minimum atomic E-state index is 0.128. The summed E-state index contributed by atoms with van der Waals surface area (Å²) in [5.41, 5.74) is 2.54. The average molecular weight is 221 g/mol. The Bertz CT molecular complexity index is 405. The first kappa shape index (κ1) is 9.93. The van der Waals surface area contributed by atoms with Crippen molar-refractivity contribution in [2.45, 2.75) is 12.5 Å². The molecule has 1 N–H and O–H groups in total. The van der Waals surface area contributed by atoms with Crippen LogP contribution in [-0.4, -0.2) is 27.0 Å². The van der Waals surface area contributed by atoms with Gasteiger partial charge in [0.05, 0.1) is 12.7 Å². The Morgan fingerprint density at radius 1 is 1.31 bits per heavy atom. The van der Waals surface area contributed by atoms with Gasteiger partial charge in [-0.05, 0) is 36.7 Å². The number of hydrogen-bond donors (Lipinski definition) is 1. The Morgan fingerprint density at radius 3 is 2.94 bits per heavy atom. The normalized spacial score (nSPS) is 21.9. The number of benzene rings is 1. The van der Waals surface area contributed by atoms with Crippen molar-refractivity contribution in [3.63, 3.8) is 0 Å².